The highest BCUT2D eigenvalue weighted by molar-refractivity contribution is 5.82. The molecule has 5 nitrogen and oxygen atoms in total. The lowest BCUT2D eigenvalue weighted by Crippen LogP contribution is -2.49. The van der Waals surface area contributed by atoms with Gasteiger partial charge in [-0.3, -0.25) is 9.59 Å². The molecule has 33 heavy (non-hydrogen) atoms. The summed E-state index contributed by atoms with van der Waals surface area (Å²) in [6.45, 7) is 3.89. The zero-order valence-corrected chi connectivity index (χ0v) is 19.9. The molecule has 0 bridgehead atoms. The molecule has 2 amide bonds. The number of piperidine rings is 1. The van der Waals surface area contributed by atoms with Crippen LogP contribution < -0.4 is 10.1 Å². The van der Waals surface area contributed by atoms with Gasteiger partial charge in [0, 0.05) is 31.5 Å². The van der Waals surface area contributed by atoms with Crippen molar-refractivity contribution in [3.8, 4) is 5.75 Å². The van der Waals surface area contributed by atoms with Gasteiger partial charge in [0.2, 0.25) is 11.8 Å². The van der Waals surface area contributed by atoms with Gasteiger partial charge in [-0.05, 0) is 49.8 Å². The lowest BCUT2D eigenvalue weighted by atomic mass is 9.83. The molecule has 2 aromatic rings. The van der Waals surface area contributed by atoms with Crippen LogP contribution in [0.3, 0.4) is 0 Å². The number of aryl methyl sites for hydroxylation is 1. The van der Waals surface area contributed by atoms with Crippen LogP contribution in [-0.2, 0) is 16.0 Å². The summed E-state index contributed by atoms with van der Waals surface area (Å²) in [5, 5.41) is 3.13. The van der Waals surface area contributed by atoms with E-state index in [2.05, 4.69) is 36.5 Å². The smallest absolute Gasteiger partial charge is 0.225 e. The maximum Gasteiger partial charge on any atom is 0.225 e. The summed E-state index contributed by atoms with van der Waals surface area (Å²) in [5.74, 6) is 1.28. The third kappa shape index (κ3) is 5.76. The van der Waals surface area contributed by atoms with Crippen molar-refractivity contribution in [1.29, 1.82) is 0 Å². The van der Waals surface area contributed by atoms with Crippen LogP contribution in [-0.4, -0.2) is 43.5 Å². The van der Waals surface area contributed by atoms with Crippen LogP contribution in [0.2, 0.25) is 0 Å². The number of rotatable bonds is 7. The Bertz CT molecular complexity index is 967. The van der Waals surface area contributed by atoms with Crippen LogP contribution in [0.25, 0.3) is 0 Å². The molecule has 1 saturated heterocycles. The van der Waals surface area contributed by atoms with Crippen LogP contribution in [0.1, 0.15) is 54.7 Å². The predicted octanol–water partition coefficient (Wildman–Crippen LogP) is 4.48. The van der Waals surface area contributed by atoms with Crippen LogP contribution in [0.4, 0.5) is 0 Å². The maximum absolute atomic E-state index is 13.3. The largest absolute Gasteiger partial charge is 0.496 e. The minimum atomic E-state index is -0.188. The number of amides is 2. The van der Waals surface area contributed by atoms with Crippen molar-refractivity contribution in [3.63, 3.8) is 0 Å². The Morgan fingerprint density at radius 3 is 2.58 bits per heavy atom. The molecule has 0 aromatic heterocycles. The van der Waals surface area contributed by atoms with E-state index in [0.29, 0.717) is 26.1 Å². The highest BCUT2D eigenvalue weighted by Crippen LogP contribution is 2.34. The van der Waals surface area contributed by atoms with Gasteiger partial charge in [-0.15, -0.1) is 0 Å². The molecule has 1 N–H and O–H groups in total. The molecule has 1 saturated carbocycles. The Hall–Kier alpha value is -2.82. The summed E-state index contributed by atoms with van der Waals surface area (Å²) in [6.07, 6.45) is 5.74. The summed E-state index contributed by atoms with van der Waals surface area (Å²) < 4.78 is 5.42. The van der Waals surface area contributed by atoms with Gasteiger partial charge in [-0.1, -0.05) is 60.9 Å². The third-order valence-corrected chi connectivity index (χ3v) is 7.24. The van der Waals surface area contributed by atoms with E-state index in [-0.39, 0.29) is 29.6 Å². The molecule has 176 valence electrons. The fourth-order valence-corrected chi connectivity index (χ4v) is 5.44. The second kappa shape index (κ2) is 10.9. The molecule has 0 spiro atoms. The molecule has 2 atom stereocenters. The van der Waals surface area contributed by atoms with Crippen molar-refractivity contribution >= 4 is 11.8 Å². The molecule has 2 aromatic carbocycles. The summed E-state index contributed by atoms with van der Waals surface area (Å²) >= 11 is 0. The Morgan fingerprint density at radius 1 is 1.03 bits per heavy atom. The number of hydrogen-bond donors (Lipinski definition) is 1. The average molecular weight is 449 g/mol. The predicted molar refractivity (Wildman–Crippen MR) is 130 cm³/mol. The van der Waals surface area contributed by atoms with E-state index in [1.165, 1.54) is 11.1 Å². The molecule has 4 rings (SSSR count). The summed E-state index contributed by atoms with van der Waals surface area (Å²) in [7, 11) is 1.67. The Kier molecular flexibility index (Phi) is 7.69. The molecule has 2 unspecified atom stereocenters. The van der Waals surface area contributed by atoms with Gasteiger partial charge < -0.3 is 15.0 Å². The first kappa shape index (κ1) is 23.3. The molecule has 2 fully saturated rings. The van der Waals surface area contributed by atoms with Crippen LogP contribution in [0.15, 0.2) is 48.5 Å². The molecule has 1 heterocycles. The van der Waals surface area contributed by atoms with Crippen LogP contribution in [0, 0.1) is 18.8 Å². The quantitative estimate of drug-likeness (QED) is 0.679. The zero-order chi connectivity index (χ0) is 23.2. The number of ether oxygens (including phenoxy) is 1. The van der Waals surface area contributed by atoms with E-state index in [1.807, 2.05) is 29.2 Å². The number of hydrogen-bond acceptors (Lipinski definition) is 3. The normalized spacial score (nSPS) is 21.1. The molecule has 0 radical (unpaired) electrons. The van der Waals surface area contributed by atoms with Gasteiger partial charge in [0.05, 0.1) is 13.0 Å². The molecule has 5 heteroatoms. The molecule has 1 aliphatic carbocycles. The number of likely N-dealkylation sites (tertiary alicyclic amines) is 1. The molecular weight excluding hydrogens is 412 g/mol. The lowest BCUT2D eigenvalue weighted by molar-refractivity contribution is -0.139. The van der Waals surface area contributed by atoms with Gasteiger partial charge in [0.25, 0.3) is 0 Å². The van der Waals surface area contributed by atoms with E-state index >= 15 is 0 Å². The maximum atomic E-state index is 13.3. The highest BCUT2D eigenvalue weighted by atomic mass is 16.5. The third-order valence-electron chi connectivity index (χ3n) is 7.24. The second-order valence-corrected chi connectivity index (χ2v) is 9.62. The van der Waals surface area contributed by atoms with Gasteiger partial charge >= 0.3 is 0 Å². The summed E-state index contributed by atoms with van der Waals surface area (Å²) in [5.41, 5.74) is 3.52. The zero-order valence-electron chi connectivity index (χ0n) is 19.9. The van der Waals surface area contributed by atoms with Gasteiger partial charge in [-0.25, -0.2) is 0 Å². The minimum absolute atomic E-state index is 0.0477. The van der Waals surface area contributed by atoms with Gasteiger partial charge in [0.1, 0.15) is 5.75 Å². The Balaban J connectivity index is 1.44. The number of nitrogens with one attached hydrogen (secondary N) is 1. The number of methoxy groups -OCH3 is 1. The molecule has 2 aliphatic rings. The van der Waals surface area contributed by atoms with Crippen LogP contribution in [0.5, 0.6) is 5.75 Å². The first-order valence-corrected chi connectivity index (χ1v) is 12.3. The van der Waals surface area contributed by atoms with Crippen molar-refractivity contribution in [2.75, 3.05) is 26.7 Å². The lowest BCUT2D eigenvalue weighted by Gasteiger charge is -2.38. The minimum Gasteiger partial charge on any atom is -0.496 e. The molecule has 1 aliphatic heterocycles. The van der Waals surface area contributed by atoms with Crippen molar-refractivity contribution in [2.45, 2.75) is 51.4 Å². The standard InChI is InChI=1S/C28H36N2O3/c1-20-8-7-12-23(16-20)24-17-25(19-30(18-24)28(32)22-10-3-4-11-22)27(31)29-15-14-21-9-5-6-13-26(21)33-2/h5-9,12-13,16,22,24-25H,3-4,10-11,14-15,17-19H2,1-2H3,(H,29,31). The Labute approximate surface area is 197 Å². The van der Waals surface area contributed by atoms with Gasteiger partial charge in [-0.2, -0.15) is 0 Å². The van der Waals surface area contributed by atoms with E-state index in [4.69, 9.17) is 4.74 Å². The van der Waals surface area contributed by atoms with E-state index < -0.39 is 0 Å². The van der Waals surface area contributed by atoms with Crippen LogP contribution >= 0.6 is 0 Å². The second-order valence-electron chi connectivity index (χ2n) is 9.62. The van der Waals surface area contributed by atoms with Crippen molar-refractivity contribution < 1.29 is 14.3 Å². The average Bonchev–Trinajstić information content (AvgIpc) is 3.38. The molecular formula is C28H36N2O3. The SMILES string of the molecule is COc1ccccc1CCNC(=O)C1CC(c2cccc(C)c2)CN(C(=O)C2CCCC2)C1. The number of benzene rings is 2. The van der Waals surface area contributed by atoms with E-state index in [0.717, 1.165) is 43.4 Å². The summed E-state index contributed by atoms with van der Waals surface area (Å²) in [6, 6.07) is 16.4. The first-order valence-electron chi connectivity index (χ1n) is 12.3. The monoisotopic (exact) mass is 448 g/mol. The van der Waals surface area contributed by atoms with Gasteiger partial charge in [0.15, 0.2) is 0 Å². The highest BCUT2D eigenvalue weighted by Gasteiger charge is 2.37. The fourth-order valence-electron chi connectivity index (χ4n) is 5.44. The first-order chi connectivity index (χ1) is 16.0. The number of carbonyl (C=O) groups is 2. The number of nitrogens with zero attached hydrogens (tertiary/aromatic N) is 1. The Morgan fingerprint density at radius 2 is 1.82 bits per heavy atom. The van der Waals surface area contributed by atoms with E-state index in [9.17, 15) is 9.59 Å². The van der Waals surface area contributed by atoms with Crippen molar-refractivity contribution in [3.05, 3.63) is 65.2 Å². The van der Waals surface area contributed by atoms with E-state index in [1.54, 1.807) is 7.11 Å². The fraction of sp³-hybridized carbons (Fsp3) is 0.500. The number of carbonyl (C=O) groups excluding carboxylic acids is 2. The summed E-state index contributed by atoms with van der Waals surface area (Å²) in [4.78, 5) is 28.4. The topological polar surface area (TPSA) is 58.6 Å². The van der Waals surface area contributed by atoms with Crippen molar-refractivity contribution in [2.24, 2.45) is 11.8 Å². The van der Waals surface area contributed by atoms with Crippen molar-refractivity contribution in [1.82, 2.24) is 10.2 Å². The number of para-hydroxylation sites is 1.